The van der Waals surface area contributed by atoms with E-state index in [0.29, 0.717) is 12.8 Å². The summed E-state index contributed by atoms with van der Waals surface area (Å²) < 4.78 is 94.5. The Kier molecular flexibility index (Phi) is 20.4. The molecule has 0 spiro atoms. The van der Waals surface area contributed by atoms with Gasteiger partial charge in [-0.3, -0.25) is 9.11 Å². The molecule has 0 radical (unpaired) electrons. The molecule has 0 aromatic carbocycles. The van der Waals surface area contributed by atoms with Gasteiger partial charge in [-0.15, -0.1) is 0 Å². The molecule has 0 bridgehead atoms. The third kappa shape index (κ3) is 16.3. The largest absolute Gasteiger partial charge is 0.397 e. The molecule has 18 nitrogen and oxygen atoms in total. The average Bonchev–Trinajstić information content (AvgIpc) is 3.03. The Morgan fingerprint density at radius 3 is 1.24 bits per heavy atom. The molecule has 0 unspecified atom stereocenters. The summed E-state index contributed by atoms with van der Waals surface area (Å²) in [5.74, 6) is -0.532. The number of aliphatic hydroxyl groups is 6. The van der Waals surface area contributed by atoms with Crippen LogP contribution in [0.3, 0.4) is 0 Å². The Morgan fingerprint density at radius 1 is 0.571 bits per heavy atom. The molecule has 8 N–H and O–H groups in total. The first-order chi connectivity index (χ1) is 23.1. The van der Waals surface area contributed by atoms with Crippen LogP contribution >= 0.6 is 0 Å². The second kappa shape index (κ2) is 22.4. The van der Waals surface area contributed by atoms with Gasteiger partial charge in [0, 0.05) is 5.92 Å². The first kappa shape index (κ1) is 44.5. The van der Waals surface area contributed by atoms with E-state index in [1.807, 2.05) is 0 Å². The molecule has 2 rings (SSSR count). The van der Waals surface area contributed by atoms with Gasteiger partial charge in [-0.05, 0) is 6.42 Å². The average molecular weight is 757 g/mol. The maximum atomic E-state index is 11.3. The zero-order chi connectivity index (χ0) is 36.6. The molecular weight excluding hydrogens is 700 g/mol. The number of hydrogen-bond donors (Lipinski definition) is 8. The van der Waals surface area contributed by atoms with Gasteiger partial charge < -0.3 is 49.6 Å². The zero-order valence-corrected chi connectivity index (χ0v) is 29.5. The second-order valence-electron chi connectivity index (χ2n) is 12.6. The maximum absolute atomic E-state index is 11.3. The molecule has 2 aliphatic rings. The monoisotopic (exact) mass is 756 g/mol. The third-order valence-corrected chi connectivity index (χ3v) is 9.50. The molecule has 49 heavy (non-hydrogen) atoms. The molecule has 2 saturated heterocycles. The Labute approximate surface area is 288 Å². The van der Waals surface area contributed by atoms with Crippen molar-refractivity contribution in [3.8, 4) is 0 Å². The third-order valence-electron chi connectivity index (χ3n) is 8.57. The summed E-state index contributed by atoms with van der Waals surface area (Å²) in [5, 5.41) is 61.0. The van der Waals surface area contributed by atoms with Gasteiger partial charge >= 0.3 is 20.8 Å². The Balaban J connectivity index is 2.03. The molecule has 0 aliphatic carbocycles. The lowest BCUT2D eigenvalue weighted by molar-refractivity contribution is -0.308. The highest BCUT2D eigenvalue weighted by Crippen LogP contribution is 2.29. The Bertz CT molecular complexity index is 1040. The van der Waals surface area contributed by atoms with Crippen LogP contribution in [-0.2, 0) is 48.1 Å². The second-order valence-corrected chi connectivity index (χ2v) is 14.7. The van der Waals surface area contributed by atoms with Crippen LogP contribution in [0.5, 0.6) is 0 Å². The van der Waals surface area contributed by atoms with Gasteiger partial charge in [-0.1, -0.05) is 84.0 Å². The van der Waals surface area contributed by atoms with E-state index in [0.717, 1.165) is 25.7 Å². The number of unbranched alkanes of at least 4 members (excludes halogenated alkanes) is 11. The van der Waals surface area contributed by atoms with Crippen LogP contribution in [0.4, 0.5) is 0 Å². The van der Waals surface area contributed by atoms with Gasteiger partial charge in [0.15, 0.2) is 12.6 Å². The van der Waals surface area contributed by atoms with Crippen molar-refractivity contribution in [3.63, 3.8) is 0 Å². The summed E-state index contributed by atoms with van der Waals surface area (Å²) in [6.45, 7) is 0.101. The quantitative estimate of drug-likeness (QED) is 0.0449. The fourth-order valence-corrected chi connectivity index (χ4v) is 6.86. The van der Waals surface area contributed by atoms with Crippen LogP contribution < -0.4 is 0 Å². The van der Waals surface area contributed by atoms with Crippen molar-refractivity contribution in [2.24, 2.45) is 5.92 Å². The van der Waals surface area contributed by atoms with Gasteiger partial charge in [0.2, 0.25) is 0 Å². The van der Waals surface area contributed by atoms with E-state index in [1.165, 1.54) is 44.9 Å². The van der Waals surface area contributed by atoms with Gasteiger partial charge in [0.05, 0.1) is 26.4 Å². The zero-order valence-electron chi connectivity index (χ0n) is 27.8. The van der Waals surface area contributed by atoms with E-state index in [-0.39, 0.29) is 13.2 Å². The van der Waals surface area contributed by atoms with E-state index in [1.54, 1.807) is 0 Å². The van der Waals surface area contributed by atoms with E-state index in [4.69, 9.17) is 28.1 Å². The van der Waals surface area contributed by atoms with Crippen LogP contribution in [0.1, 0.15) is 90.4 Å². The molecule has 2 heterocycles. The summed E-state index contributed by atoms with van der Waals surface area (Å²) in [4.78, 5) is 0. The SMILES string of the molecule is CCCCCCCCCCCCCCC(CO[C@@H]1O[C@H](CO)[C@H](O)[C@H](OS(=O)(=O)O)[C@H]1O)CO[C@@H]1O[C@H](CO)[C@H](O)[C@H](OS(=O)(=O)O)[C@H]1O. The van der Waals surface area contributed by atoms with E-state index in [2.05, 4.69) is 15.3 Å². The van der Waals surface area contributed by atoms with Gasteiger partial charge in [0.25, 0.3) is 0 Å². The lowest BCUT2D eigenvalue weighted by Gasteiger charge is -2.42. The number of ether oxygens (including phenoxy) is 4. The first-order valence-corrected chi connectivity index (χ1v) is 19.6. The highest BCUT2D eigenvalue weighted by Gasteiger charge is 2.49. The molecule has 0 amide bonds. The van der Waals surface area contributed by atoms with Crippen LogP contribution in [-0.4, -0.2) is 144 Å². The fraction of sp³-hybridized carbons (Fsp3) is 1.00. The molecule has 2 aliphatic heterocycles. The van der Waals surface area contributed by atoms with Crippen molar-refractivity contribution in [2.75, 3.05) is 26.4 Å². The minimum atomic E-state index is -5.13. The normalized spacial score (nSPS) is 31.4. The smallest absolute Gasteiger partial charge is 0.394 e. The van der Waals surface area contributed by atoms with E-state index < -0.39 is 101 Å². The molecule has 0 saturated carbocycles. The van der Waals surface area contributed by atoms with E-state index >= 15 is 0 Å². The van der Waals surface area contributed by atoms with Crippen LogP contribution in [0, 0.1) is 5.92 Å². The summed E-state index contributed by atoms with van der Waals surface area (Å²) in [6.07, 6.45) is -3.82. The van der Waals surface area contributed by atoms with Gasteiger partial charge in [0.1, 0.15) is 48.8 Å². The first-order valence-electron chi connectivity index (χ1n) is 16.9. The maximum Gasteiger partial charge on any atom is 0.397 e. The number of hydrogen-bond acceptors (Lipinski definition) is 16. The molecule has 0 aromatic heterocycles. The van der Waals surface area contributed by atoms with Crippen LogP contribution in [0.25, 0.3) is 0 Å². The fourth-order valence-electron chi connectivity index (χ4n) is 5.84. The number of rotatable bonds is 25. The van der Waals surface area contributed by atoms with Crippen LogP contribution in [0.15, 0.2) is 0 Å². The highest BCUT2D eigenvalue weighted by atomic mass is 32.3. The Hall–Kier alpha value is -0.660. The lowest BCUT2D eigenvalue weighted by atomic mass is 9.98. The predicted octanol–water partition coefficient (Wildman–Crippen LogP) is -0.0190. The molecule has 10 atom stereocenters. The number of aliphatic hydroxyl groups excluding tert-OH is 6. The van der Waals surface area contributed by atoms with Crippen LogP contribution in [0.2, 0.25) is 0 Å². The topological polar surface area (TPSA) is 285 Å². The van der Waals surface area contributed by atoms with Gasteiger partial charge in [-0.25, -0.2) is 8.37 Å². The molecule has 2 fully saturated rings. The lowest BCUT2D eigenvalue weighted by Crippen LogP contribution is -2.61. The summed E-state index contributed by atoms with van der Waals surface area (Å²) in [7, 11) is -10.3. The van der Waals surface area contributed by atoms with Crippen molar-refractivity contribution in [1.29, 1.82) is 0 Å². The summed E-state index contributed by atoms with van der Waals surface area (Å²) >= 11 is 0. The Morgan fingerprint density at radius 2 is 0.918 bits per heavy atom. The van der Waals surface area contributed by atoms with E-state index in [9.17, 15) is 47.5 Å². The van der Waals surface area contributed by atoms with Crippen molar-refractivity contribution in [1.82, 2.24) is 0 Å². The molecule has 292 valence electrons. The van der Waals surface area contributed by atoms with Crippen molar-refractivity contribution in [3.05, 3.63) is 0 Å². The molecule has 20 heteroatoms. The van der Waals surface area contributed by atoms with Crippen molar-refractivity contribution in [2.45, 2.75) is 152 Å². The summed E-state index contributed by atoms with van der Waals surface area (Å²) in [6, 6.07) is 0. The summed E-state index contributed by atoms with van der Waals surface area (Å²) in [5.41, 5.74) is 0. The van der Waals surface area contributed by atoms with Crippen molar-refractivity contribution >= 4 is 20.8 Å². The minimum Gasteiger partial charge on any atom is -0.394 e. The van der Waals surface area contributed by atoms with Gasteiger partial charge in [-0.2, -0.15) is 16.8 Å². The highest BCUT2D eigenvalue weighted by molar-refractivity contribution is 7.81. The molecular formula is C29H56O18S2. The standard InChI is InChI=1S/C29H56O18S2/c1-2-3-4-5-6-7-8-9-10-11-12-13-14-19(17-42-28-24(34)26(46-48(36,37)38)22(32)20(15-30)44-28)18-43-29-25(35)27(47-49(39,40)41)23(33)21(16-31)45-29/h19-35H,2-18H2,1H3,(H,36,37,38)(H,39,40,41)/t20-,21-,22+,23+,24-,25-,26+,27+,28-,29-/m1/s1. The molecule has 0 aromatic rings. The van der Waals surface area contributed by atoms with Crippen molar-refractivity contribution < 1.29 is 83.9 Å². The minimum absolute atomic E-state index is 0.230. The predicted molar refractivity (Wildman–Crippen MR) is 169 cm³/mol.